The Hall–Kier alpha value is -1.81. The first kappa shape index (κ1) is 11.3. The molecule has 0 atom stereocenters. The van der Waals surface area contributed by atoms with Gasteiger partial charge in [-0.3, -0.25) is 0 Å². The van der Waals surface area contributed by atoms with Crippen LogP contribution in [0.1, 0.15) is 11.1 Å². The van der Waals surface area contributed by atoms with Crippen molar-refractivity contribution in [3.63, 3.8) is 0 Å². The number of rotatable bonds is 2. The summed E-state index contributed by atoms with van der Waals surface area (Å²) in [4.78, 5) is 10.4. The minimum atomic E-state index is 0.346. The number of fused-ring (bicyclic) bond motifs is 1. The van der Waals surface area contributed by atoms with E-state index in [-0.39, 0.29) is 0 Å². The molecule has 3 rings (SSSR count). The predicted octanol–water partition coefficient (Wildman–Crippen LogP) is 2.66. The second-order valence-electron chi connectivity index (χ2n) is 4.15. The van der Waals surface area contributed by atoms with Gasteiger partial charge in [0.15, 0.2) is 16.7 Å². The molecule has 0 amide bonds. The van der Waals surface area contributed by atoms with E-state index in [1.807, 2.05) is 12.1 Å². The molecule has 5 heteroatoms. The minimum absolute atomic E-state index is 0.346. The van der Waals surface area contributed by atoms with Crippen LogP contribution in [0.5, 0.6) is 5.75 Å². The van der Waals surface area contributed by atoms with E-state index in [9.17, 15) is 0 Å². The molecule has 1 aliphatic heterocycles. The molecule has 0 saturated heterocycles. The van der Waals surface area contributed by atoms with Gasteiger partial charge in [-0.05, 0) is 11.1 Å². The highest BCUT2D eigenvalue weighted by Crippen LogP contribution is 2.35. The van der Waals surface area contributed by atoms with Crippen molar-refractivity contribution in [2.24, 2.45) is 0 Å². The largest absolute Gasteiger partial charge is 0.490 e. The molecule has 18 heavy (non-hydrogen) atoms. The van der Waals surface area contributed by atoms with E-state index < -0.39 is 0 Å². The average molecular weight is 262 g/mol. The van der Waals surface area contributed by atoms with Gasteiger partial charge in [0.25, 0.3) is 0 Å². The molecule has 0 bridgehead atoms. The van der Waals surface area contributed by atoms with Crippen molar-refractivity contribution in [3.05, 3.63) is 46.9 Å². The summed E-state index contributed by atoms with van der Waals surface area (Å²) < 4.78 is 5.29. The minimum Gasteiger partial charge on any atom is -0.490 e. The summed E-state index contributed by atoms with van der Waals surface area (Å²) in [6.07, 6.45) is 1.46. The Morgan fingerprint density at radius 3 is 2.44 bits per heavy atom. The Morgan fingerprint density at radius 2 is 1.83 bits per heavy atom. The SMILES string of the molecule is COc1c(Cl)ncnc1N1Cc2ccccc2C1. The van der Waals surface area contributed by atoms with Crippen LogP contribution in [0, 0.1) is 0 Å². The molecule has 0 saturated carbocycles. The summed E-state index contributed by atoms with van der Waals surface area (Å²) in [7, 11) is 1.58. The number of benzene rings is 1. The summed E-state index contributed by atoms with van der Waals surface area (Å²) in [5.74, 6) is 1.28. The van der Waals surface area contributed by atoms with Gasteiger partial charge >= 0.3 is 0 Å². The molecule has 4 nitrogen and oxygen atoms in total. The van der Waals surface area contributed by atoms with Crippen molar-refractivity contribution in [1.82, 2.24) is 9.97 Å². The number of hydrogen-bond acceptors (Lipinski definition) is 4. The van der Waals surface area contributed by atoms with Gasteiger partial charge in [0.05, 0.1) is 7.11 Å². The van der Waals surface area contributed by atoms with Gasteiger partial charge < -0.3 is 9.64 Å². The first-order chi connectivity index (χ1) is 8.79. The second-order valence-corrected chi connectivity index (χ2v) is 4.50. The van der Waals surface area contributed by atoms with Gasteiger partial charge in [-0.2, -0.15) is 0 Å². The third-order valence-electron chi connectivity index (χ3n) is 3.09. The Labute approximate surface area is 110 Å². The molecule has 1 aromatic heterocycles. The van der Waals surface area contributed by atoms with Crippen molar-refractivity contribution in [2.45, 2.75) is 13.1 Å². The summed E-state index contributed by atoms with van der Waals surface area (Å²) in [6, 6.07) is 8.36. The molecular formula is C13H12ClN3O. The van der Waals surface area contributed by atoms with Gasteiger partial charge in [-0.1, -0.05) is 35.9 Å². The Morgan fingerprint density at radius 1 is 1.17 bits per heavy atom. The number of hydrogen-bond donors (Lipinski definition) is 0. The lowest BCUT2D eigenvalue weighted by atomic mass is 10.1. The van der Waals surface area contributed by atoms with Crippen LogP contribution in [-0.4, -0.2) is 17.1 Å². The number of methoxy groups -OCH3 is 1. The van der Waals surface area contributed by atoms with Crippen molar-refractivity contribution in [3.8, 4) is 5.75 Å². The molecule has 0 N–H and O–H groups in total. The zero-order valence-electron chi connectivity index (χ0n) is 9.93. The van der Waals surface area contributed by atoms with E-state index in [0.717, 1.165) is 18.9 Å². The van der Waals surface area contributed by atoms with Crippen LogP contribution in [0.25, 0.3) is 0 Å². The third-order valence-corrected chi connectivity index (χ3v) is 3.36. The maximum absolute atomic E-state index is 6.02. The second kappa shape index (κ2) is 4.46. The molecule has 0 aliphatic carbocycles. The van der Waals surface area contributed by atoms with Gasteiger partial charge in [0.2, 0.25) is 0 Å². The lowest BCUT2D eigenvalue weighted by Gasteiger charge is -2.19. The maximum Gasteiger partial charge on any atom is 0.199 e. The highest BCUT2D eigenvalue weighted by Gasteiger charge is 2.23. The van der Waals surface area contributed by atoms with Gasteiger partial charge in [0.1, 0.15) is 6.33 Å². The number of ether oxygens (including phenoxy) is 1. The first-order valence-corrected chi connectivity index (χ1v) is 6.03. The summed E-state index contributed by atoms with van der Waals surface area (Å²) in [6.45, 7) is 1.64. The van der Waals surface area contributed by atoms with Crippen molar-refractivity contribution >= 4 is 17.4 Å². The molecule has 1 aromatic carbocycles. The van der Waals surface area contributed by atoms with E-state index in [0.29, 0.717) is 10.9 Å². The Kier molecular flexibility index (Phi) is 2.80. The van der Waals surface area contributed by atoms with E-state index in [2.05, 4.69) is 27.0 Å². The quantitative estimate of drug-likeness (QED) is 0.779. The van der Waals surface area contributed by atoms with Crippen molar-refractivity contribution in [1.29, 1.82) is 0 Å². The van der Waals surface area contributed by atoms with E-state index in [4.69, 9.17) is 16.3 Å². The standard InChI is InChI=1S/C13H12ClN3O/c1-18-11-12(14)15-8-16-13(11)17-6-9-4-2-3-5-10(9)7-17/h2-5,8H,6-7H2,1H3. The lowest BCUT2D eigenvalue weighted by Crippen LogP contribution is -2.17. The fourth-order valence-electron chi connectivity index (χ4n) is 2.23. The molecule has 0 spiro atoms. The van der Waals surface area contributed by atoms with Gasteiger partial charge in [-0.15, -0.1) is 0 Å². The fourth-order valence-corrected chi connectivity index (χ4v) is 2.43. The van der Waals surface area contributed by atoms with Crippen LogP contribution in [0.3, 0.4) is 0 Å². The molecule has 0 fully saturated rings. The topological polar surface area (TPSA) is 38.3 Å². The fraction of sp³-hybridized carbons (Fsp3) is 0.231. The molecule has 1 aliphatic rings. The van der Waals surface area contributed by atoms with Crippen LogP contribution in [0.4, 0.5) is 5.82 Å². The van der Waals surface area contributed by atoms with Crippen LogP contribution in [-0.2, 0) is 13.1 Å². The predicted molar refractivity (Wildman–Crippen MR) is 69.9 cm³/mol. The maximum atomic E-state index is 6.02. The number of anilines is 1. The van der Waals surface area contributed by atoms with Crippen LogP contribution >= 0.6 is 11.6 Å². The zero-order valence-corrected chi connectivity index (χ0v) is 10.7. The van der Waals surface area contributed by atoms with E-state index in [1.165, 1.54) is 17.5 Å². The van der Waals surface area contributed by atoms with Gasteiger partial charge in [-0.25, -0.2) is 9.97 Å². The normalized spacial score (nSPS) is 13.6. The van der Waals surface area contributed by atoms with Crippen LogP contribution in [0.2, 0.25) is 5.15 Å². The number of halogens is 1. The average Bonchev–Trinajstić information content (AvgIpc) is 2.82. The first-order valence-electron chi connectivity index (χ1n) is 5.66. The molecule has 0 radical (unpaired) electrons. The summed E-state index contributed by atoms with van der Waals surface area (Å²) in [5, 5.41) is 0.346. The zero-order chi connectivity index (χ0) is 12.5. The van der Waals surface area contributed by atoms with Gasteiger partial charge in [0, 0.05) is 13.1 Å². The van der Waals surface area contributed by atoms with E-state index in [1.54, 1.807) is 7.11 Å². The smallest absolute Gasteiger partial charge is 0.199 e. The Bertz CT molecular complexity index is 563. The molecular weight excluding hydrogens is 250 g/mol. The monoisotopic (exact) mass is 261 g/mol. The van der Waals surface area contributed by atoms with Crippen molar-refractivity contribution < 1.29 is 4.74 Å². The molecule has 92 valence electrons. The third kappa shape index (κ3) is 1.78. The Balaban J connectivity index is 1.97. The number of nitrogens with zero attached hydrogens (tertiary/aromatic N) is 3. The van der Waals surface area contributed by atoms with E-state index >= 15 is 0 Å². The highest BCUT2D eigenvalue weighted by atomic mass is 35.5. The van der Waals surface area contributed by atoms with Crippen molar-refractivity contribution in [2.75, 3.05) is 12.0 Å². The van der Waals surface area contributed by atoms with Crippen LogP contribution < -0.4 is 9.64 Å². The van der Waals surface area contributed by atoms with Crippen LogP contribution in [0.15, 0.2) is 30.6 Å². The molecule has 2 aromatic rings. The lowest BCUT2D eigenvalue weighted by molar-refractivity contribution is 0.410. The summed E-state index contributed by atoms with van der Waals surface area (Å²) in [5.41, 5.74) is 2.63. The molecule has 0 unspecified atom stereocenters. The summed E-state index contributed by atoms with van der Waals surface area (Å²) >= 11 is 6.02. The number of aromatic nitrogens is 2. The highest BCUT2D eigenvalue weighted by molar-refractivity contribution is 6.31. The molecule has 2 heterocycles.